The molecule has 0 heterocycles. The van der Waals surface area contributed by atoms with Crippen molar-refractivity contribution in [3.8, 4) is 5.75 Å². The Balaban J connectivity index is 1.30. The fourth-order valence-electron chi connectivity index (χ4n) is 4.83. The lowest BCUT2D eigenvalue weighted by Gasteiger charge is -2.21. The van der Waals surface area contributed by atoms with Gasteiger partial charge in [-0.3, -0.25) is 4.79 Å². The number of carbonyl (C=O) groups is 1. The Morgan fingerprint density at radius 3 is 2.62 bits per heavy atom. The van der Waals surface area contributed by atoms with Crippen molar-refractivity contribution in [3.05, 3.63) is 77.9 Å². The van der Waals surface area contributed by atoms with Crippen molar-refractivity contribution in [2.45, 2.75) is 57.5 Å². The van der Waals surface area contributed by atoms with Crippen molar-refractivity contribution in [2.75, 3.05) is 13.2 Å². The van der Waals surface area contributed by atoms with Gasteiger partial charge >= 0.3 is 5.97 Å². The van der Waals surface area contributed by atoms with E-state index in [2.05, 4.69) is 66.8 Å². The highest BCUT2D eigenvalue weighted by Crippen LogP contribution is 2.36. The Kier molecular flexibility index (Phi) is 7.43. The summed E-state index contributed by atoms with van der Waals surface area (Å²) in [5.74, 6) is 1.16. The smallest absolute Gasteiger partial charge is 0.309 e. The number of rotatable bonds is 9. The molecule has 0 aliphatic heterocycles. The highest BCUT2D eigenvalue weighted by atomic mass is 16.5. The number of hydrogen-bond acceptors (Lipinski definition) is 4. The first kappa shape index (κ1) is 22.3. The minimum atomic E-state index is -0.216. The maximum atomic E-state index is 11.4. The molecule has 1 unspecified atom stereocenters. The highest BCUT2D eigenvalue weighted by Gasteiger charge is 2.27. The molecule has 0 saturated heterocycles. The molecule has 0 radical (unpaired) electrons. The van der Waals surface area contributed by atoms with Gasteiger partial charge in [0.2, 0.25) is 0 Å². The van der Waals surface area contributed by atoms with Gasteiger partial charge in [-0.25, -0.2) is 0 Å². The van der Waals surface area contributed by atoms with E-state index in [-0.39, 0.29) is 12.4 Å². The fraction of sp³-hybridized carbons (Fsp3) is 0.393. The number of esters is 1. The molecule has 168 valence electrons. The van der Waals surface area contributed by atoms with Gasteiger partial charge in [0, 0.05) is 12.1 Å². The fourth-order valence-corrected chi connectivity index (χ4v) is 4.83. The summed E-state index contributed by atoms with van der Waals surface area (Å²) in [6.45, 7) is 4.84. The van der Waals surface area contributed by atoms with Gasteiger partial charge in [-0.1, -0.05) is 54.6 Å². The number of benzene rings is 3. The van der Waals surface area contributed by atoms with Crippen LogP contribution in [-0.4, -0.2) is 25.2 Å². The van der Waals surface area contributed by atoms with E-state index in [1.165, 1.54) is 34.7 Å². The first-order valence-corrected chi connectivity index (χ1v) is 11.8. The Bertz CT molecular complexity index is 1030. The molecule has 1 aliphatic rings. The Hall–Kier alpha value is -2.85. The summed E-state index contributed by atoms with van der Waals surface area (Å²) in [6.07, 6.45) is 3.82. The molecule has 4 nitrogen and oxygen atoms in total. The van der Waals surface area contributed by atoms with Crippen LogP contribution in [0, 0.1) is 0 Å². The Morgan fingerprint density at radius 1 is 1.03 bits per heavy atom. The van der Waals surface area contributed by atoms with Crippen molar-refractivity contribution >= 4 is 16.7 Å². The van der Waals surface area contributed by atoms with Gasteiger partial charge in [0.05, 0.1) is 19.6 Å². The van der Waals surface area contributed by atoms with E-state index in [1.54, 1.807) is 0 Å². The van der Waals surface area contributed by atoms with Crippen LogP contribution in [0.25, 0.3) is 10.8 Å². The van der Waals surface area contributed by atoms with E-state index in [0.29, 0.717) is 31.2 Å². The molecular formula is C28H33NO3. The number of hydrogen-bond donors (Lipinski definition) is 1. The minimum Gasteiger partial charge on any atom is -0.493 e. The second-order valence-corrected chi connectivity index (χ2v) is 8.64. The maximum absolute atomic E-state index is 11.4. The van der Waals surface area contributed by atoms with Crippen molar-refractivity contribution in [3.63, 3.8) is 0 Å². The number of ether oxygens (including phenoxy) is 2. The molecule has 0 aromatic heterocycles. The molecule has 0 amide bonds. The van der Waals surface area contributed by atoms with Crippen molar-refractivity contribution < 1.29 is 14.3 Å². The van der Waals surface area contributed by atoms with Crippen LogP contribution in [0.15, 0.2) is 66.7 Å². The van der Waals surface area contributed by atoms with Crippen LogP contribution in [0.3, 0.4) is 0 Å². The Morgan fingerprint density at radius 2 is 1.81 bits per heavy atom. The van der Waals surface area contributed by atoms with Gasteiger partial charge in [0.1, 0.15) is 5.75 Å². The molecule has 4 heteroatoms. The van der Waals surface area contributed by atoms with Gasteiger partial charge < -0.3 is 14.8 Å². The van der Waals surface area contributed by atoms with Crippen LogP contribution < -0.4 is 10.1 Å². The normalized spacial score (nSPS) is 19.1. The van der Waals surface area contributed by atoms with Crippen LogP contribution in [0.4, 0.5) is 0 Å². The van der Waals surface area contributed by atoms with Crippen LogP contribution in [0.5, 0.6) is 5.75 Å². The van der Waals surface area contributed by atoms with Gasteiger partial charge in [0.15, 0.2) is 0 Å². The monoisotopic (exact) mass is 431 g/mol. The third-order valence-electron chi connectivity index (χ3n) is 6.44. The van der Waals surface area contributed by atoms with Crippen molar-refractivity contribution in [1.29, 1.82) is 0 Å². The maximum Gasteiger partial charge on any atom is 0.309 e. The number of nitrogens with one attached hydrogen (secondary N) is 1. The summed E-state index contributed by atoms with van der Waals surface area (Å²) in [5, 5.41) is 6.51. The average molecular weight is 432 g/mol. The molecule has 0 bridgehead atoms. The lowest BCUT2D eigenvalue weighted by atomic mass is 9.96. The zero-order chi connectivity index (χ0) is 22.3. The molecule has 32 heavy (non-hydrogen) atoms. The Labute approximate surface area is 190 Å². The topological polar surface area (TPSA) is 47.6 Å². The third kappa shape index (κ3) is 5.49. The first-order valence-electron chi connectivity index (χ1n) is 11.8. The second kappa shape index (κ2) is 10.6. The summed E-state index contributed by atoms with van der Waals surface area (Å²) in [5.41, 5.74) is 2.74. The van der Waals surface area contributed by atoms with Gasteiger partial charge in [-0.15, -0.1) is 0 Å². The second-order valence-electron chi connectivity index (χ2n) is 8.64. The SMILES string of the molecule is CCOC(=O)CCOc1ccc(C2CC[C@H](N[C@H](C)c3cccc4ccccc34)C2)cc1. The van der Waals surface area contributed by atoms with Crippen LogP contribution >= 0.6 is 0 Å². The molecule has 3 aromatic rings. The summed E-state index contributed by atoms with van der Waals surface area (Å²) in [4.78, 5) is 11.4. The van der Waals surface area contributed by atoms with Crippen molar-refractivity contribution in [2.24, 2.45) is 0 Å². The third-order valence-corrected chi connectivity index (χ3v) is 6.44. The molecule has 4 rings (SSSR count). The lowest BCUT2D eigenvalue weighted by Crippen LogP contribution is -2.29. The lowest BCUT2D eigenvalue weighted by molar-refractivity contribution is -0.143. The standard InChI is InChI=1S/C28H33NO3/c1-3-31-28(30)17-18-32-25-15-12-21(13-16-25)23-11-14-24(19-23)29-20(2)26-10-6-8-22-7-4-5-9-27(22)26/h4-10,12-13,15-16,20,23-24,29H,3,11,14,17-19H2,1-2H3/t20-,23?,24+/m1/s1. The molecule has 0 spiro atoms. The van der Waals surface area contributed by atoms with Crippen LogP contribution in [-0.2, 0) is 9.53 Å². The van der Waals surface area contributed by atoms with E-state index >= 15 is 0 Å². The van der Waals surface area contributed by atoms with E-state index in [1.807, 2.05) is 19.1 Å². The largest absolute Gasteiger partial charge is 0.493 e. The summed E-state index contributed by atoms with van der Waals surface area (Å²) < 4.78 is 10.6. The van der Waals surface area contributed by atoms with Crippen LogP contribution in [0.1, 0.15) is 62.6 Å². The quantitative estimate of drug-likeness (QED) is 0.412. The predicted molar refractivity (Wildman–Crippen MR) is 129 cm³/mol. The number of fused-ring (bicyclic) bond motifs is 1. The van der Waals surface area contributed by atoms with Crippen LogP contribution in [0.2, 0.25) is 0 Å². The molecule has 1 fully saturated rings. The van der Waals surface area contributed by atoms with E-state index < -0.39 is 0 Å². The molecular weight excluding hydrogens is 398 g/mol. The van der Waals surface area contributed by atoms with E-state index in [4.69, 9.17) is 9.47 Å². The average Bonchev–Trinajstić information content (AvgIpc) is 3.27. The summed E-state index contributed by atoms with van der Waals surface area (Å²) in [6, 6.07) is 24.4. The summed E-state index contributed by atoms with van der Waals surface area (Å²) in [7, 11) is 0. The zero-order valence-corrected chi connectivity index (χ0v) is 19.1. The molecule has 1 N–H and O–H groups in total. The van der Waals surface area contributed by atoms with Gasteiger partial charge in [-0.2, -0.15) is 0 Å². The molecule has 3 aromatic carbocycles. The van der Waals surface area contributed by atoms with Crippen molar-refractivity contribution in [1.82, 2.24) is 5.32 Å². The van der Waals surface area contributed by atoms with Gasteiger partial charge in [0.25, 0.3) is 0 Å². The minimum absolute atomic E-state index is 0.216. The van der Waals surface area contributed by atoms with Gasteiger partial charge in [-0.05, 0) is 73.1 Å². The highest BCUT2D eigenvalue weighted by molar-refractivity contribution is 5.86. The zero-order valence-electron chi connectivity index (χ0n) is 19.1. The molecule has 1 aliphatic carbocycles. The first-order chi connectivity index (χ1) is 15.6. The molecule has 1 saturated carbocycles. The van der Waals surface area contributed by atoms with E-state index in [0.717, 1.165) is 12.2 Å². The summed E-state index contributed by atoms with van der Waals surface area (Å²) >= 11 is 0. The predicted octanol–water partition coefficient (Wildman–Crippen LogP) is 6.16. The van der Waals surface area contributed by atoms with E-state index in [9.17, 15) is 4.79 Å². The molecule has 3 atom stereocenters. The number of carbonyl (C=O) groups excluding carboxylic acids is 1.